The van der Waals surface area contributed by atoms with Crippen LogP contribution in [-0.2, 0) is 4.74 Å². The summed E-state index contributed by atoms with van der Waals surface area (Å²) in [6, 6.07) is 0.795. The fourth-order valence-corrected chi connectivity index (χ4v) is 3.90. The lowest BCUT2D eigenvalue weighted by molar-refractivity contribution is 0.179. The van der Waals surface area contributed by atoms with Crippen molar-refractivity contribution in [3.05, 3.63) is 10.5 Å². The molecule has 2 aliphatic rings. The Morgan fingerprint density at radius 2 is 2.40 bits per heavy atom. The Morgan fingerprint density at radius 1 is 1.55 bits per heavy atom. The van der Waals surface area contributed by atoms with Crippen molar-refractivity contribution < 1.29 is 4.74 Å². The van der Waals surface area contributed by atoms with E-state index in [0.29, 0.717) is 18.0 Å². The number of hydrogen-bond donors (Lipinski definition) is 2. The Kier molecular flexibility index (Phi) is 4.48. The molecule has 0 bridgehead atoms. The molecule has 1 saturated heterocycles. The Hall–Kier alpha value is -0.790. The normalized spacial score (nSPS) is 24.1. The summed E-state index contributed by atoms with van der Waals surface area (Å²) in [5.41, 5.74) is -0.0702. The second-order valence-corrected chi connectivity index (χ2v) is 6.50. The molecule has 1 saturated carbocycles. The number of aromatic amines is 1. The number of rotatable bonds is 7. The number of thioether (sulfide) groups is 1. The molecule has 2 N–H and O–H groups in total. The van der Waals surface area contributed by atoms with Crippen molar-refractivity contribution in [2.75, 3.05) is 25.5 Å². The SMILES string of the molecule is CCNC(CSc1n[nH]c(=O)n1C1CC1)C1CCOC1. The van der Waals surface area contributed by atoms with Crippen LogP contribution in [0.15, 0.2) is 9.95 Å². The molecular weight excluding hydrogens is 276 g/mol. The number of aromatic nitrogens is 3. The van der Waals surface area contributed by atoms with Gasteiger partial charge in [0.05, 0.1) is 6.61 Å². The smallest absolute Gasteiger partial charge is 0.344 e. The van der Waals surface area contributed by atoms with Gasteiger partial charge in [0.1, 0.15) is 0 Å². The first-order valence-electron chi connectivity index (χ1n) is 7.40. The van der Waals surface area contributed by atoms with E-state index in [1.54, 1.807) is 11.8 Å². The summed E-state index contributed by atoms with van der Waals surface area (Å²) in [5, 5.41) is 11.1. The third-order valence-electron chi connectivity index (χ3n) is 3.98. The van der Waals surface area contributed by atoms with Gasteiger partial charge < -0.3 is 10.1 Å². The maximum absolute atomic E-state index is 11.7. The van der Waals surface area contributed by atoms with Crippen molar-refractivity contribution in [3.8, 4) is 0 Å². The minimum absolute atomic E-state index is 0.0702. The predicted molar refractivity (Wildman–Crippen MR) is 78.2 cm³/mol. The molecule has 1 aliphatic heterocycles. The minimum atomic E-state index is -0.0702. The van der Waals surface area contributed by atoms with Crippen molar-refractivity contribution in [2.24, 2.45) is 5.92 Å². The second kappa shape index (κ2) is 6.32. The first-order chi connectivity index (χ1) is 9.79. The highest BCUT2D eigenvalue weighted by molar-refractivity contribution is 7.99. The summed E-state index contributed by atoms with van der Waals surface area (Å²) in [5.74, 6) is 1.50. The number of hydrogen-bond acceptors (Lipinski definition) is 5. The zero-order valence-electron chi connectivity index (χ0n) is 11.8. The average molecular weight is 298 g/mol. The van der Waals surface area contributed by atoms with Gasteiger partial charge in [-0.2, -0.15) is 0 Å². The summed E-state index contributed by atoms with van der Waals surface area (Å²) in [6.45, 7) is 4.79. The molecular formula is C13H22N4O2S. The van der Waals surface area contributed by atoms with Crippen molar-refractivity contribution >= 4 is 11.8 Å². The summed E-state index contributed by atoms with van der Waals surface area (Å²) in [4.78, 5) is 11.7. The summed E-state index contributed by atoms with van der Waals surface area (Å²) in [6.07, 6.45) is 3.31. The highest BCUT2D eigenvalue weighted by atomic mass is 32.2. The molecule has 2 heterocycles. The van der Waals surface area contributed by atoms with Gasteiger partial charge in [-0.25, -0.2) is 9.89 Å². The third-order valence-corrected chi connectivity index (χ3v) is 5.05. The molecule has 0 aromatic carbocycles. The van der Waals surface area contributed by atoms with Crippen LogP contribution in [0.25, 0.3) is 0 Å². The summed E-state index contributed by atoms with van der Waals surface area (Å²) >= 11 is 1.67. The lowest BCUT2D eigenvalue weighted by atomic mass is 10.0. The Labute approximate surface area is 122 Å². The van der Waals surface area contributed by atoms with Gasteiger partial charge in [-0.05, 0) is 25.8 Å². The van der Waals surface area contributed by atoms with Crippen molar-refractivity contribution in [2.45, 2.75) is 43.4 Å². The van der Waals surface area contributed by atoms with Gasteiger partial charge in [-0.1, -0.05) is 18.7 Å². The molecule has 7 heteroatoms. The standard InChI is InChI=1S/C13H22N4O2S/c1-2-14-11(9-5-6-19-7-9)8-20-13-16-15-12(18)17(13)10-3-4-10/h9-11,14H,2-8H2,1H3,(H,15,18). The van der Waals surface area contributed by atoms with Gasteiger partial charge in [0.15, 0.2) is 5.16 Å². The van der Waals surface area contributed by atoms with Crippen LogP contribution in [0.1, 0.15) is 32.2 Å². The molecule has 1 aromatic heterocycles. The molecule has 3 rings (SSSR count). The van der Waals surface area contributed by atoms with Crippen LogP contribution in [0.5, 0.6) is 0 Å². The van der Waals surface area contributed by atoms with Crippen molar-refractivity contribution in [1.29, 1.82) is 0 Å². The van der Waals surface area contributed by atoms with Gasteiger partial charge in [-0.3, -0.25) is 4.57 Å². The van der Waals surface area contributed by atoms with Crippen LogP contribution >= 0.6 is 11.8 Å². The number of H-pyrrole nitrogens is 1. The van der Waals surface area contributed by atoms with E-state index in [-0.39, 0.29) is 5.69 Å². The van der Waals surface area contributed by atoms with E-state index < -0.39 is 0 Å². The van der Waals surface area contributed by atoms with E-state index in [1.165, 1.54) is 0 Å². The molecule has 6 nitrogen and oxygen atoms in total. The molecule has 0 radical (unpaired) electrons. The van der Waals surface area contributed by atoms with Crippen LogP contribution in [0.3, 0.4) is 0 Å². The van der Waals surface area contributed by atoms with Gasteiger partial charge in [0.25, 0.3) is 0 Å². The Morgan fingerprint density at radius 3 is 3.05 bits per heavy atom. The topological polar surface area (TPSA) is 71.9 Å². The molecule has 0 spiro atoms. The fourth-order valence-electron chi connectivity index (χ4n) is 2.71. The van der Waals surface area contributed by atoms with Crippen molar-refractivity contribution in [1.82, 2.24) is 20.1 Å². The second-order valence-electron chi connectivity index (χ2n) is 5.51. The van der Waals surface area contributed by atoms with Crippen LogP contribution in [0.2, 0.25) is 0 Å². The minimum Gasteiger partial charge on any atom is -0.381 e. The van der Waals surface area contributed by atoms with Crippen molar-refractivity contribution in [3.63, 3.8) is 0 Å². The first-order valence-corrected chi connectivity index (χ1v) is 8.39. The van der Waals surface area contributed by atoms with Crippen LogP contribution < -0.4 is 11.0 Å². The molecule has 20 heavy (non-hydrogen) atoms. The predicted octanol–water partition coefficient (Wildman–Crippen LogP) is 1.01. The molecule has 2 unspecified atom stereocenters. The number of nitrogens with one attached hydrogen (secondary N) is 2. The molecule has 1 aliphatic carbocycles. The van der Waals surface area contributed by atoms with Crippen LogP contribution in [0, 0.1) is 5.92 Å². The summed E-state index contributed by atoms with van der Waals surface area (Å²) in [7, 11) is 0. The van der Waals surface area contributed by atoms with E-state index >= 15 is 0 Å². The van der Waals surface area contributed by atoms with E-state index in [2.05, 4.69) is 22.4 Å². The number of nitrogens with zero attached hydrogens (tertiary/aromatic N) is 2. The summed E-state index contributed by atoms with van der Waals surface area (Å²) < 4.78 is 7.30. The van der Waals surface area contributed by atoms with E-state index in [9.17, 15) is 4.79 Å². The van der Waals surface area contributed by atoms with Gasteiger partial charge in [0, 0.05) is 30.4 Å². The lowest BCUT2D eigenvalue weighted by Crippen LogP contribution is -2.38. The Bertz CT molecular complexity index is 491. The molecule has 1 aromatic rings. The molecule has 2 fully saturated rings. The molecule has 2 atom stereocenters. The maximum atomic E-state index is 11.7. The van der Waals surface area contributed by atoms with E-state index in [1.807, 2.05) is 4.57 Å². The maximum Gasteiger partial charge on any atom is 0.344 e. The highest BCUT2D eigenvalue weighted by Gasteiger charge is 2.30. The zero-order valence-corrected chi connectivity index (χ0v) is 12.6. The number of ether oxygens (including phenoxy) is 1. The average Bonchev–Trinajstić information content (AvgIpc) is 3.00. The monoisotopic (exact) mass is 298 g/mol. The zero-order chi connectivity index (χ0) is 13.9. The molecule has 0 amide bonds. The highest BCUT2D eigenvalue weighted by Crippen LogP contribution is 2.36. The van der Waals surface area contributed by atoms with Crippen LogP contribution in [-0.4, -0.2) is 46.3 Å². The van der Waals surface area contributed by atoms with E-state index in [4.69, 9.17) is 4.74 Å². The van der Waals surface area contributed by atoms with E-state index in [0.717, 1.165) is 49.9 Å². The Balaban J connectivity index is 1.63. The van der Waals surface area contributed by atoms with Gasteiger partial charge >= 0.3 is 5.69 Å². The third kappa shape index (κ3) is 3.10. The fraction of sp³-hybridized carbons (Fsp3) is 0.846. The lowest BCUT2D eigenvalue weighted by Gasteiger charge is -2.22. The largest absolute Gasteiger partial charge is 0.381 e. The van der Waals surface area contributed by atoms with Gasteiger partial charge in [-0.15, -0.1) is 5.10 Å². The first kappa shape index (κ1) is 14.2. The quantitative estimate of drug-likeness (QED) is 0.735. The van der Waals surface area contributed by atoms with Crippen LogP contribution in [0.4, 0.5) is 0 Å². The molecule has 112 valence electrons. The van der Waals surface area contributed by atoms with Gasteiger partial charge in [0.2, 0.25) is 0 Å².